The summed E-state index contributed by atoms with van der Waals surface area (Å²) in [5.41, 5.74) is 1.28. The number of carbonyl (C=O) groups excluding carboxylic acids is 2. The fourth-order valence-corrected chi connectivity index (χ4v) is 2.31. The van der Waals surface area contributed by atoms with Crippen LogP contribution < -0.4 is 10.6 Å². The Hall–Kier alpha value is -3.55. The molecule has 2 atom stereocenters. The van der Waals surface area contributed by atoms with Gasteiger partial charge in [0, 0.05) is 6.42 Å². The lowest BCUT2D eigenvalue weighted by Crippen LogP contribution is -2.51. The van der Waals surface area contributed by atoms with E-state index in [-0.39, 0.29) is 18.8 Å². The standard InChI is InChI=1S/C20H22N2O6/c1-13(19(25)26)21-18(24)17(11-14-7-9-16(23)10-8-14)22-20(27)28-12-15-5-3-2-4-6-15/h2-10,13,17,23H,11-12H2,1H3,(H,21,24)(H,22,27)(H,25,26)/t13-,17-/m0/s1/i/hD. The Labute approximate surface area is 163 Å². The quantitative estimate of drug-likeness (QED) is 0.548. The third-order valence-corrected chi connectivity index (χ3v) is 3.86. The van der Waals surface area contributed by atoms with Gasteiger partial charge in [-0.05, 0) is 30.2 Å². The Morgan fingerprint density at radius 2 is 1.71 bits per heavy atom. The Morgan fingerprint density at radius 1 is 1.07 bits per heavy atom. The molecule has 0 aliphatic rings. The van der Waals surface area contributed by atoms with Gasteiger partial charge in [-0.3, -0.25) is 9.59 Å². The van der Waals surface area contributed by atoms with Crippen LogP contribution in [-0.2, 0) is 27.4 Å². The van der Waals surface area contributed by atoms with Crippen molar-refractivity contribution in [3.63, 3.8) is 0 Å². The minimum atomic E-state index is -1.33. The van der Waals surface area contributed by atoms with Crippen LogP contribution in [0.5, 0.6) is 5.75 Å². The smallest absolute Gasteiger partial charge is 0.408 e. The SMILES string of the molecule is [2H]N(C(=O)OCc1ccccc1)[C@@H](Cc1ccc(O)cc1)C(=O)N[C@@H](C)C(=O)O. The fraction of sp³-hybridized carbons (Fsp3) is 0.250. The van der Waals surface area contributed by atoms with Crippen molar-refractivity contribution in [2.24, 2.45) is 0 Å². The molecular formula is C20H22N2O6. The van der Waals surface area contributed by atoms with E-state index in [4.69, 9.17) is 11.3 Å². The van der Waals surface area contributed by atoms with Gasteiger partial charge in [-0.1, -0.05) is 42.5 Å². The molecular weight excluding hydrogens is 364 g/mol. The number of carboxylic acid groups (broad SMARTS) is 1. The predicted molar refractivity (Wildman–Crippen MR) is 101 cm³/mol. The van der Waals surface area contributed by atoms with E-state index >= 15 is 0 Å². The summed E-state index contributed by atoms with van der Waals surface area (Å²) < 4.78 is 13.2. The Morgan fingerprint density at radius 3 is 2.32 bits per heavy atom. The van der Waals surface area contributed by atoms with Gasteiger partial charge < -0.3 is 25.6 Å². The van der Waals surface area contributed by atoms with E-state index in [0.717, 1.165) is 0 Å². The van der Waals surface area contributed by atoms with E-state index < -0.39 is 30.1 Å². The molecule has 0 aliphatic heterocycles. The topological polar surface area (TPSA) is 125 Å². The summed E-state index contributed by atoms with van der Waals surface area (Å²) in [6, 6.07) is 12.2. The average molecular weight is 387 g/mol. The third kappa shape index (κ3) is 6.64. The Bertz CT molecular complexity index is 844. The molecule has 2 amide bonds. The van der Waals surface area contributed by atoms with Gasteiger partial charge in [0.15, 0.2) is 1.41 Å². The van der Waals surface area contributed by atoms with Crippen LogP contribution in [0.1, 0.15) is 18.1 Å². The summed E-state index contributed by atoms with van der Waals surface area (Å²) in [5, 5.41) is 21.0. The number of nitrogens with one attached hydrogen (secondary N) is 2. The molecule has 4 N–H and O–H groups in total. The van der Waals surface area contributed by atoms with Gasteiger partial charge in [-0.2, -0.15) is 0 Å². The van der Waals surface area contributed by atoms with Gasteiger partial charge >= 0.3 is 12.1 Å². The average Bonchev–Trinajstić information content (AvgIpc) is 2.71. The second-order valence-electron chi connectivity index (χ2n) is 6.12. The van der Waals surface area contributed by atoms with Crippen LogP contribution in [0.2, 0.25) is 1.41 Å². The molecule has 0 fully saturated rings. The first-order valence-corrected chi connectivity index (χ1v) is 8.57. The highest BCUT2D eigenvalue weighted by molar-refractivity contribution is 5.89. The monoisotopic (exact) mass is 387 g/mol. The summed E-state index contributed by atoms with van der Waals surface area (Å²) >= 11 is 0. The third-order valence-electron chi connectivity index (χ3n) is 3.86. The zero-order chi connectivity index (χ0) is 21.4. The normalized spacial score (nSPS) is 13.0. The number of hydrogen-bond acceptors (Lipinski definition) is 5. The molecule has 0 spiro atoms. The molecule has 2 rings (SSSR count). The van der Waals surface area contributed by atoms with Crippen LogP contribution in [0.3, 0.4) is 0 Å². The summed E-state index contributed by atoms with van der Waals surface area (Å²) in [7, 11) is 0. The van der Waals surface area contributed by atoms with E-state index in [2.05, 4.69) is 5.32 Å². The number of aromatic hydroxyl groups is 1. The molecule has 28 heavy (non-hydrogen) atoms. The van der Waals surface area contributed by atoms with Crippen molar-refractivity contribution >= 4 is 18.0 Å². The number of alkyl carbamates (subject to hydrolysis) is 1. The number of phenols is 1. The molecule has 8 nitrogen and oxygen atoms in total. The number of aliphatic carboxylic acids is 1. The van der Waals surface area contributed by atoms with E-state index in [0.29, 0.717) is 16.4 Å². The number of carbonyl (C=O) groups is 3. The maximum Gasteiger partial charge on any atom is 0.408 e. The number of rotatable bonds is 8. The molecule has 0 heterocycles. The number of ether oxygens (including phenoxy) is 1. The first-order valence-electron chi connectivity index (χ1n) is 9.02. The van der Waals surface area contributed by atoms with E-state index in [9.17, 15) is 19.5 Å². The Kier molecular flexibility index (Phi) is 6.84. The lowest BCUT2D eigenvalue weighted by Gasteiger charge is -2.20. The van der Waals surface area contributed by atoms with Gasteiger partial charge in [0.05, 0.1) is 0 Å². The van der Waals surface area contributed by atoms with Crippen LogP contribution in [0, 0.1) is 0 Å². The number of amides is 2. The Balaban J connectivity index is 2.12. The molecule has 0 bridgehead atoms. The summed E-state index contributed by atoms with van der Waals surface area (Å²) in [6.45, 7) is 1.20. The minimum absolute atomic E-state index is 0.0271. The molecule has 0 saturated carbocycles. The maximum absolute atomic E-state index is 12.6. The minimum Gasteiger partial charge on any atom is -0.508 e. The van der Waals surface area contributed by atoms with E-state index in [1.807, 2.05) is 6.07 Å². The predicted octanol–water partition coefficient (Wildman–Crippen LogP) is 1.82. The van der Waals surface area contributed by atoms with E-state index in [1.54, 1.807) is 36.4 Å². The highest BCUT2D eigenvalue weighted by Crippen LogP contribution is 2.12. The number of phenolic OH excluding ortho intramolecular Hbond substituents is 1. The van der Waals surface area contributed by atoms with Gasteiger partial charge in [0.1, 0.15) is 24.4 Å². The molecule has 148 valence electrons. The number of carboxylic acids is 1. The zero-order valence-electron chi connectivity index (χ0n) is 16.2. The van der Waals surface area contributed by atoms with Gasteiger partial charge in [-0.25, -0.2) is 4.79 Å². The first kappa shape index (κ1) is 19.2. The lowest BCUT2D eigenvalue weighted by molar-refractivity contribution is -0.141. The van der Waals surface area contributed by atoms with Crippen molar-refractivity contribution in [1.82, 2.24) is 10.6 Å². The molecule has 0 aliphatic carbocycles. The van der Waals surface area contributed by atoms with Gasteiger partial charge in [0.2, 0.25) is 5.91 Å². The molecule has 0 saturated heterocycles. The fourth-order valence-electron chi connectivity index (χ4n) is 2.31. The van der Waals surface area contributed by atoms with Crippen molar-refractivity contribution in [2.75, 3.05) is 0 Å². The second-order valence-corrected chi connectivity index (χ2v) is 6.12. The molecule has 8 heteroatoms. The van der Waals surface area contributed by atoms with Gasteiger partial charge in [0.25, 0.3) is 0 Å². The van der Waals surface area contributed by atoms with Crippen molar-refractivity contribution in [3.05, 3.63) is 65.7 Å². The van der Waals surface area contributed by atoms with E-state index in [1.165, 1.54) is 19.1 Å². The molecule has 0 unspecified atom stereocenters. The first-order chi connectivity index (χ1) is 13.8. The summed E-state index contributed by atoms with van der Waals surface area (Å²) in [6.07, 6.45) is -1.11. The lowest BCUT2D eigenvalue weighted by atomic mass is 10.0. The van der Waals surface area contributed by atoms with Crippen molar-refractivity contribution in [1.29, 1.82) is 0 Å². The highest BCUT2D eigenvalue weighted by atomic mass is 16.5. The van der Waals surface area contributed by atoms with Crippen LogP contribution in [0.15, 0.2) is 54.6 Å². The highest BCUT2D eigenvalue weighted by Gasteiger charge is 2.25. The van der Waals surface area contributed by atoms with Crippen LogP contribution in [-0.4, -0.2) is 40.3 Å². The summed E-state index contributed by atoms with van der Waals surface area (Å²) in [5.74, 6) is -2.02. The van der Waals surface area contributed by atoms with Crippen LogP contribution >= 0.6 is 0 Å². The number of hydrogen-bond donors (Lipinski definition) is 4. The van der Waals surface area contributed by atoms with Crippen LogP contribution in [0.4, 0.5) is 4.79 Å². The summed E-state index contributed by atoms with van der Waals surface area (Å²) in [4.78, 5) is 35.9. The zero-order valence-corrected chi connectivity index (χ0v) is 15.2. The maximum atomic E-state index is 12.6. The number of benzene rings is 2. The van der Waals surface area contributed by atoms with Crippen molar-refractivity contribution in [2.45, 2.75) is 32.0 Å². The molecule has 0 aromatic heterocycles. The van der Waals surface area contributed by atoms with Crippen LogP contribution in [0.25, 0.3) is 0 Å². The largest absolute Gasteiger partial charge is 0.508 e. The second kappa shape index (κ2) is 9.96. The van der Waals surface area contributed by atoms with Crippen molar-refractivity contribution < 1.29 is 30.7 Å². The van der Waals surface area contributed by atoms with Crippen molar-refractivity contribution in [3.8, 4) is 5.75 Å². The molecule has 2 aromatic rings. The molecule has 0 radical (unpaired) electrons. The van der Waals surface area contributed by atoms with Gasteiger partial charge in [-0.15, -0.1) is 0 Å². The molecule has 2 aromatic carbocycles.